The molecule has 0 saturated carbocycles. The number of terminal acetylenes is 1. The van der Waals surface area contributed by atoms with Crippen molar-refractivity contribution in [3.05, 3.63) is 45.6 Å². The van der Waals surface area contributed by atoms with E-state index in [1.807, 2.05) is 22.7 Å². The highest BCUT2D eigenvalue weighted by Crippen LogP contribution is 2.44. The average molecular weight is 327 g/mol. The van der Waals surface area contributed by atoms with Gasteiger partial charge in [0.2, 0.25) is 0 Å². The lowest BCUT2D eigenvalue weighted by Crippen LogP contribution is -1.79. The Morgan fingerprint density at radius 2 is 1.90 bits per heavy atom. The van der Waals surface area contributed by atoms with Crippen molar-refractivity contribution in [2.45, 2.75) is 13.8 Å². The van der Waals surface area contributed by atoms with E-state index in [0.29, 0.717) is 0 Å². The van der Waals surface area contributed by atoms with Crippen molar-refractivity contribution in [2.75, 3.05) is 0 Å². The first-order valence-corrected chi connectivity index (χ1v) is 8.92. The summed E-state index contributed by atoms with van der Waals surface area (Å²) in [5, 5.41) is 2.09. The Hall–Kier alpha value is -1.78. The van der Waals surface area contributed by atoms with Crippen molar-refractivity contribution >= 4 is 34.0 Å². The minimum Gasteiger partial charge on any atom is -0.143 e. The van der Waals surface area contributed by atoms with Crippen LogP contribution in [0.1, 0.15) is 17.4 Å². The monoisotopic (exact) mass is 326 g/mol. The molecule has 0 aliphatic rings. The summed E-state index contributed by atoms with van der Waals surface area (Å²) < 4.78 is 0. The van der Waals surface area contributed by atoms with Gasteiger partial charge in [-0.15, -0.1) is 40.4 Å². The van der Waals surface area contributed by atoms with Crippen molar-refractivity contribution in [3.8, 4) is 43.7 Å². The Bertz CT molecular complexity index is 877. The third kappa shape index (κ3) is 2.69. The molecule has 0 aliphatic heterocycles. The number of rotatable bonds is 2. The van der Waals surface area contributed by atoms with Gasteiger partial charge in [-0.25, -0.2) is 0 Å². The van der Waals surface area contributed by atoms with Crippen molar-refractivity contribution in [1.29, 1.82) is 0 Å². The van der Waals surface area contributed by atoms with Crippen molar-refractivity contribution < 1.29 is 1.43 Å². The van der Waals surface area contributed by atoms with Gasteiger partial charge in [0.25, 0.3) is 0 Å². The molecule has 0 unspecified atom stereocenters. The second-order valence-corrected chi connectivity index (χ2v) is 7.80. The van der Waals surface area contributed by atoms with E-state index >= 15 is 0 Å². The fourth-order valence-electron chi connectivity index (χ4n) is 2.14. The van der Waals surface area contributed by atoms with Gasteiger partial charge in [0.05, 0.1) is 4.88 Å². The van der Waals surface area contributed by atoms with Crippen LogP contribution in [0.15, 0.2) is 29.6 Å². The molecular formula is C18H14S3. The molecule has 0 fully saturated rings. The second kappa shape index (κ2) is 5.92. The average Bonchev–Trinajstić information content (AvgIpc) is 3.17. The van der Waals surface area contributed by atoms with E-state index in [9.17, 15) is 0 Å². The Morgan fingerprint density at radius 1 is 1.05 bits per heavy atom. The minimum atomic E-state index is 0. The van der Waals surface area contributed by atoms with Crippen molar-refractivity contribution in [1.82, 2.24) is 0 Å². The molecule has 0 radical (unpaired) electrons. The molecule has 21 heavy (non-hydrogen) atoms. The molecule has 0 aromatic carbocycles. The summed E-state index contributed by atoms with van der Waals surface area (Å²) in [5.41, 5.74) is 2.30. The molecule has 104 valence electrons. The molecule has 0 bridgehead atoms. The van der Waals surface area contributed by atoms with Crippen LogP contribution in [0.4, 0.5) is 0 Å². The van der Waals surface area contributed by atoms with Crippen LogP contribution in [-0.4, -0.2) is 0 Å². The number of aryl methyl sites for hydroxylation is 1. The smallest absolute Gasteiger partial charge is 0.0609 e. The van der Waals surface area contributed by atoms with Gasteiger partial charge in [-0.05, 0) is 54.8 Å². The fraction of sp³-hybridized carbons (Fsp3) is 0.111. The van der Waals surface area contributed by atoms with E-state index in [2.05, 4.69) is 61.3 Å². The van der Waals surface area contributed by atoms with E-state index in [4.69, 9.17) is 6.42 Å². The highest BCUT2D eigenvalue weighted by Gasteiger charge is 2.17. The quantitative estimate of drug-likeness (QED) is 0.503. The fourth-order valence-corrected chi connectivity index (χ4v) is 5.29. The van der Waals surface area contributed by atoms with Crippen LogP contribution in [-0.2, 0) is 0 Å². The zero-order chi connectivity index (χ0) is 14.8. The molecule has 0 aliphatic carbocycles. The summed E-state index contributed by atoms with van der Waals surface area (Å²) in [4.78, 5) is 6.42. The number of thiophene rings is 3. The van der Waals surface area contributed by atoms with E-state index in [-0.39, 0.29) is 1.43 Å². The van der Waals surface area contributed by atoms with Gasteiger partial charge in [0.15, 0.2) is 0 Å². The zero-order valence-electron chi connectivity index (χ0n) is 11.7. The maximum absolute atomic E-state index is 5.30. The highest BCUT2D eigenvalue weighted by atomic mass is 32.1. The predicted molar refractivity (Wildman–Crippen MR) is 98.2 cm³/mol. The van der Waals surface area contributed by atoms with Crippen molar-refractivity contribution in [2.24, 2.45) is 0 Å². The molecule has 3 aromatic heterocycles. The molecule has 3 aromatic rings. The molecule has 0 N–H and O–H groups in total. The Labute approximate surface area is 138 Å². The molecule has 0 atom stereocenters. The van der Waals surface area contributed by atoms with Gasteiger partial charge < -0.3 is 0 Å². The predicted octanol–water partition coefficient (Wildman–Crippen LogP) is 6.05. The Kier molecular flexibility index (Phi) is 3.99. The van der Waals surface area contributed by atoms with E-state index in [1.165, 1.54) is 29.9 Å². The molecule has 3 rings (SSSR count). The molecule has 3 heterocycles. The first kappa shape index (κ1) is 14.2. The Morgan fingerprint density at radius 3 is 2.52 bits per heavy atom. The van der Waals surface area contributed by atoms with Gasteiger partial charge in [0.1, 0.15) is 0 Å². The minimum absolute atomic E-state index is 0. The summed E-state index contributed by atoms with van der Waals surface area (Å²) in [7, 11) is 0. The van der Waals surface area contributed by atoms with E-state index in [1.54, 1.807) is 11.3 Å². The second-order valence-electron chi connectivity index (χ2n) is 4.54. The summed E-state index contributed by atoms with van der Waals surface area (Å²) in [6, 6.07) is 8.56. The van der Waals surface area contributed by atoms with Crippen LogP contribution < -0.4 is 0 Å². The van der Waals surface area contributed by atoms with E-state index < -0.39 is 0 Å². The molecule has 0 nitrogen and oxygen atoms in total. The third-order valence-corrected chi connectivity index (χ3v) is 6.64. The number of hydrogen-bond donors (Lipinski definition) is 0. The molecule has 0 saturated heterocycles. The summed E-state index contributed by atoms with van der Waals surface area (Å²) in [6.45, 7) is 4.27. The van der Waals surface area contributed by atoms with Crippen molar-refractivity contribution in [3.63, 3.8) is 0 Å². The lowest BCUT2D eigenvalue weighted by atomic mass is 10.1. The van der Waals surface area contributed by atoms with Gasteiger partial charge in [-0.2, -0.15) is 0 Å². The van der Waals surface area contributed by atoms with Crippen LogP contribution in [0.25, 0.3) is 19.5 Å². The largest absolute Gasteiger partial charge is 0.143 e. The zero-order valence-corrected chi connectivity index (χ0v) is 14.1. The van der Waals surface area contributed by atoms with E-state index in [0.717, 1.165) is 5.56 Å². The summed E-state index contributed by atoms with van der Waals surface area (Å²) in [6.07, 6.45) is 5.30. The summed E-state index contributed by atoms with van der Waals surface area (Å²) >= 11 is 5.37. The Balaban J connectivity index is 0.00000176. The lowest BCUT2D eigenvalue weighted by molar-refractivity contribution is 1.52. The van der Waals surface area contributed by atoms with Gasteiger partial charge in [-0.3, -0.25) is 0 Å². The van der Waals surface area contributed by atoms with Crippen LogP contribution >= 0.6 is 34.0 Å². The van der Waals surface area contributed by atoms with Gasteiger partial charge >= 0.3 is 0 Å². The third-order valence-electron chi connectivity index (χ3n) is 3.12. The standard InChI is InChI=1S/C18H12S3.H2/c1-4-5-7-14-13(3)17(16-10-9-12(2)20-16)21-18(14)15-8-6-11-19-15;/h1,6,8-11H,2-3H3;1H. The SMILES string of the molecule is C#CC#Cc1c(-c2cccs2)sc(-c2ccc(C)s2)c1C.[HH]. The van der Waals surface area contributed by atoms with Gasteiger partial charge in [-0.1, -0.05) is 12.0 Å². The molecular weight excluding hydrogens is 312 g/mol. The van der Waals surface area contributed by atoms with Crippen LogP contribution in [0, 0.1) is 38.0 Å². The van der Waals surface area contributed by atoms with Crippen LogP contribution in [0.3, 0.4) is 0 Å². The maximum Gasteiger partial charge on any atom is 0.0609 e. The molecule has 3 heteroatoms. The van der Waals surface area contributed by atoms with Gasteiger partial charge in [0, 0.05) is 26.5 Å². The normalized spacial score (nSPS) is 9.95. The molecule has 0 spiro atoms. The highest BCUT2D eigenvalue weighted by molar-refractivity contribution is 7.26. The summed E-state index contributed by atoms with van der Waals surface area (Å²) in [5.74, 6) is 8.34. The first-order valence-electron chi connectivity index (χ1n) is 6.41. The molecule has 0 amide bonds. The van der Waals surface area contributed by atoms with Crippen LogP contribution in [0.2, 0.25) is 0 Å². The number of hydrogen-bond acceptors (Lipinski definition) is 3. The lowest BCUT2D eigenvalue weighted by Gasteiger charge is -1.95. The van der Waals surface area contributed by atoms with Crippen LogP contribution in [0.5, 0.6) is 0 Å². The topological polar surface area (TPSA) is 0 Å². The maximum atomic E-state index is 5.30. The first-order chi connectivity index (χ1) is 10.2.